The van der Waals surface area contributed by atoms with E-state index in [1.165, 1.54) is 4.90 Å². The maximum atomic E-state index is 13.0. The number of benzene rings is 4. The summed E-state index contributed by atoms with van der Waals surface area (Å²) in [7, 11) is 0. The fraction of sp³-hybridized carbons (Fsp3) is 0.270. The molecule has 0 bridgehead atoms. The Bertz CT molecular complexity index is 1650. The molecule has 2 fully saturated rings. The fourth-order valence-corrected chi connectivity index (χ4v) is 6.50. The smallest absolute Gasteiger partial charge is 0.408 e. The third-order valence-corrected chi connectivity index (χ3v) is 9.28. The number of ether oxygens (including phenoxy) is 3. The van der Waals surface area contributed by atoms with E-state index in [9.17, 15) is 19.5 Å². The van der Waals surface area contributed by atoms with Crippen molar-refractivity contribution in [3.8, 4) is 0 Å². The predicted octanol–water partition coefficient (Wildman–Crippen LogP) is 6.07. The van der Waals surface area contributed by atoms with Gasteiger partial charge >= 0.3 is 6.09 Å². The summed E-state index contributed by atoms with van der Waals surface area (Å²) in [5.74, 6) is -0.0786. The highest BCUT2D eigenvalue weighted by atomic mass is 32.2. The van der Waals surface area contributed by atoms with E-state index in [2.05, 4.69) is 17.4 Å². The maximum Gasteiger partial charge on any atom is 0.408 e. The third kappa shape index (κ3) is 8.47. The first-order chi connectivity index (χ1) is 22.9. The van der Waals surface area contributed by atoms with Gasteiger partial charge in [0.05, 0.1) is 31.8 Å². The van der Waals surface area contributed by atoms with E-state index >= 15 is 0 Å². The van der Waals surface area contributed by atoms with Crippen LogP contribution in [-0.2, 0) is 43.6 Å². The molecule has 2 heterocycles. The lowest BCUT2D eigenvalue weighted by Crippen LogP contribution is -2.41. The van der Waals surface area contributed by atoms with Gasteiger partial charge in [-0.15, -0.1) is 11.8 Å². The van der Waals surface area contributed by atoms with E-state index in [4.69, 9.17) is 14.2 Å². The van der Waals surface area contributed by atoms with E-state index in [1.54, 1.807) is 11.8 Å². The van der Waals surface area contributed by atoms with Crippen molar-refractivity contribution in [2.45, 2.75) is 62.0 Å². The van der Waals surface area contributed by atoms with Gasteiger partial charge in [-0.05, 0) is 34.4 Å². The minimum Gasteiger partial charge on any atom is -0.445 e. The van der Waals surface area contributed by atoms with Crippen LogP contribution in [0.4, 0.5) is 4.79 Å². The molecular weight excluding hydrogens is 616 g/mol. The number of alkyl carbamates (subject to hydrolysis) is 1. The van der Waals surface area contributed by atoms with Gasteiger partial charge in [0.15, 0.2) is 6.29 Å². The highest BCUT2D eigenvalue weighted by Gasteiger charge is 2.40. The molecule has 4 unspecified atom stereocenters. The summed E-state index contributed by atoms with van der Waals surface area (Å²) in [6.07, 6.45) is -1.09. The SMILES string of the molecule is O=C(NC1CC(=O)N(Cc2ccc(C3OC(CSc4ccccc4)CC(c4ccc(CO)cc4)O3)cc2)C1=O)OCc1ccccc1. The van der Waals surface area contributed by atoms with Crippen molar-refractivity contribution in [3.05, 3.63) is 137 Å². The van der Waals surface area contributed by atoms with Crippen LogP contribution < -0.4 is 5.32 Å². The van der Waals surface area contributed by atoms with Gasteiger partial charge in [-0.3, -0.25) is 14.5 Å². The Morgan fingerprint density at radius 2 is 1.49 bits per heavy atom. The van der Waals surface area contributed by atoms with E-state index in [0.717, 1.165) is 38.5 Å². The van der Waals surface area contributed by atoms with Crippen LogP contribution in [0, 0.1) is 0 Å². The molecule has 2 aliphatic rings. The average molecular weight is 653 g/mol. The number of aliphatic hydroxyl groups is 1. The largest absolute Gasteiger partial charge is 0.445 e. The molecule has 0 aliphatic carbocycles. The zero-order valence-electron chi connectivity index (χ0n) is 25.7. The van der Waals surface area contributed by atoms with E-state index in [-0.39, 0.29) is 44.3 Å². The number of imide groups is 1. The molecule has 0 saturated carbocycles. The summed E-state index contributed by atoms with van der Waals surface area (Å²) in [5, 5.41) is 12.0. The molecule has 4 aromatic carbocycles. The zero-order valence-corrected chi connectivity index (χ0v) is 26.5. The van der Waals surface area contributed by atoms with Crippen LogP contribution in [0.3, 0.4) is 0 Å². The van der Waals surface area contributed by atoms with Gasteiger partial charge in [0.1, 0.15) is 12.6 Å². The molecule has 10 heteroatoms. The number of nitrogens with one attached hydrogen (secondary N) is 1. The zero-order chi connectivity index (χ0) is 32.6. The normalized spacial score (nSPS) is 21.1. The van der Waals surface area contributed by atoms with Crippen LogP contribution in [0.2, 0.25) is 0 Å². The number of aliphatic hydroxyl groups excluding tert-OH is 1. The van der Waals surface area contributed by atoms with Crippen molar-refractivity contribution >= 4 is 29.7 Å². The van der Waals surface area contributed by atoms with Crippen LogP contribution >= 0.6 is 11.8 Å². The summed E-state index contributed by atoms with van der Waals surface area (Å²) in [6, 6.07) is 33.7. The predicted molar refractivity (Wildman–Crippen MR) is 176 cm³/mol. The Balaban J connectivity index is 1.08. The number of thioether (sulfide) groups is 1. The molecule has 47 heavy (non-hydrogen) atoms. The van der Waals surface area contributed by atoms with Crippen molar-refractivity contribution in [2.75, 3.05) is 5.75 Å². The summed E-state index contributed by atoms with van der Waals surface area (Å²) in [6.45, 7) is 0.125. The Morgan fingerprint density at radius 3 is 2.19 bits per heavy atom. The summed E-state index contributed by atoms with van der Waals surface area (Å²) in [4.78, 5) is 40.4. The van der Waals surface area contributed by atoms with Crippen LogP contribution in [-0.4, -0.2) is 45.8 Å². The van der Waals surface area contributed by atoms with E-state index < -0.39 is 24.3 Å². The first-order valence-corrected chi connectivity index (χ1v) is 16.5. The fourth-order valence-electron chi connectivity index (χ4n) is 5.56. The highest BCUT2D eigenvalue weighted by Crippen LogP contribution is 2.39. The monoisotopic (exact) mass is 652 g/mol. The van der Waals surface area contributed by atoms with E-state index in [0.29, 0.717) is 6.42 Å². The lowest BCUT2D eigenvalue weighted by molar-refractivity contribution is -0.245. The number of carbonyl (C=O) groups is 3. The molecule has 9 nitrogen and oxygen atoms in total. The van der Waals surface area contributed by atoms with Crippen molar-refractivity contribution in [1.82, 2.24) is 10.2 Å². The number of nitrogens with zero attached hydrogens (tertiary/aromatic N) is 1. The van der Waals surface area contributed by atoms with Gasteiger partial charge in [0.2, 0.25) is 5.91 Å². The second-order valence-corrected chi connectivity index (χ2v) is 12.6. The third-order valence-electron chi connectivity index (χ3n) is 8.14. The van der Waals surface area contributed by atoms with E-state index in [1.807, 2.05) is 97.1 Å². The Morgan fingerprint density at radius 1 is 0.830 bits per heavy atom. The Kier molecular flexibility index (Phi) is 10.6. The van der Waals surface area contributed by atoms with Crippen LogP contribution in [0.15, 0.2) is 114 Å². The topological polar surface area (TPSA) is 114 Å². The number of hydrogen-bond donors (Lipinski definition) is 2. The lowest BCUT2D eigenvalue weighted by Gasteiger charge is -2.36. The molecule has 2 aliphatic heterocycles. The number of rotatable bonds is 11. The molecule has 4 aromatic rings. The molecule has 2 N–H and O–H groups in total. The molecular formula is C37H36N2O7S. The minimum absolute atomic E-state index is 0.0205. The van der Waals surface area contributed by atoms with Gasteiger partial charge in [-0.1, -0.05) is 97.1 Å². The molecule has 0 spiro atoms. The summed E-state index contributed by atoms with van der Waals surface area (Å²) >= 11 is 1.74. The van der Waals surface area contributed by atoms with Gasteiger partial charge in [0.25, 0.3) is 5.91 Å². The molecule has 0 aromatic heterocycles. The molecule has 4 atom stereocenters. The first kappa shape index (κ1) is 32.5. The van der Waals surface area contributed by atoms with Crippen molar-refractivity contribution in [2.24, 2.45) is 0 Å². The average Bonchev–Trinajstić information content (AvgIpc) is 3.38. The molecule has 6 rings (SSSR count). The number of amides is 3. The quantitative estimate of drug-likeness (QED) is 0.148. The van der Waals surface area contributed by atoms with Gasteiger partial charge in [-0.25, -0.2) is 4.79 Å². The molecule has 2 saturated heterocycles. The van der Waals surface area contributed by atoms with Crippen LogP contribution in [0.25, 0.3) is 0 Å². The van der Waals surface area contributed by atoms with Crippen molar-refractivity contribution in [1.29, 1.82) is 0 Å². The van der Waals surface area contributed by atoms with Gasteiger partial charge in [0, 0.05) is 22.6 Å². The van der Waals surface area contributed by atoms with Gasteiger partial charge < -0.3 is 24.6 Å². The van der Waals surface area contributed by atoms with Crippen molar-refractivity contribution < 1.29 is 33.7 Å². The van der Waals surface area contributed by atoms with Crippen LogP contribution in [0.1, 0.15) is 53.1 Å². The Labute approximate surface area is 277 Å². The number of likely N-dealkylation sites (tertiary alicyclic amines) is 1. The maximum absolute atomic E-state index is 13.0. The molecule has 3 amide bonds. The van der Waals surface area contributed by atoms with Crippen LogP contribution in [0.5, 0.6) is 0 Å². The second kappa shape index (κ2) is 15.4. The number of hydrogen-bond acceptors (Lipinski definition) is 8. The minimum atomic E-state index is -0.969. The Hall–Kier alpha value is -4.48. The molecule has 242 valence electrons. The van der Waals surface area contributed by atoms with Crippen molar-refractivity contribution in [3.63, 3.8) is 0 Å². The second-order valence-electron chi connectivity index (χ2n) is 11.5. The first-order valence-electron chi connectivity index (χ1n) is 15.5. The molecule has 0 radical (unpaired) electrons. The van der Waals surface area contributed by atoms with Gasteiger partial charge in [-0.2, -0.15) is 0 Å². The lowest BCUT2D eigenvalue weighted by atomic mass is 10.0. The number of carbonyl (C=O) groups excluding carboxylic acids is 3. The standard InChI is InChI=1S/C37H36N2O7S/c40-22-26-13-15-28(16-14-26)33-19-30(24-47-31-9-5-2-6-10-31)45-36(46-33)29-17-11-25(12-18-29)21-39-34(41)20-32(35(39)42)38-37(43)44-23-27-7-3-1-4-8-27/h1-18,30,32-33,36,40H,19-24H2,(H,38,43). The summed E-state index contributed by atoms with van der Waals surface area (Å²) < 4.78 is 18.1. The summed E-state index contributed by atoms with van der Waals surface area (Å²) in [5.41, 5.74) is 4.24. The highest BCUT2D eigenvalue weighted by molar-refractivity contribution is 7.99.